The number of nitrogens with zero attached hydrogens (tertiary/aromatic N) is 4. The Bertz CT molecular complexity index is 916. The molecule has 2 aromatic rings. The molecule has 2 saturated heterocycles. The Morgan fingerprint density at radius 2 is 1.93 bits per heavy atom. The number of ether oxygens (including phenoxy) is 2. The third-order valence-corrected chi connectivity index (χ3v) is 5.54. The van der Waals surface area contributed by atoms with E-state index < -0.39 is 0 Å². The van der Waals surface area contributed by atoms with Crippen LogP contribution in [0.15, 0.2) is 10.7 Å². The lowest BCUT2D eigenvalue weighted by molar-refractivity contribution is 0.0860. The number of piperidine rings is 1. The van der Waals surface area contributed by atoms with Crippen LogP contribution in [0.5, 0.6) is 0 Å². The van der Waals surface area contributed by atoms with E-state index in [-0.39, 0.29) is 18.0 Å². The minimum Gasteiger partial charge on any atom is -0.450 e. The first-order valence-corrected chi connectivity index (χ1v) is 10.4. The molecule has 0 aliphatic carbocycles. The Morgan fingerprint density at radius 3 is 2.63 bits per heavy atom. The number of fused-ring (bicyclic) bond motifs is 1. The van der Waals surface area contributed by atoms with E-state index in [4.69, 9.17) is 13.9 Å². The summed E-state index contributed by atoms with van der Waals surface area (Å²) >= 11 is 0. The molecule has 30 heavy (non-hydrogen) atoms. The summed E-state index contributed by atoms with van der Waals surface area (Å²) in [6.07, 6.45) is 2.51. The van der Waals surface area contributed by atoms with Gasteiger partial charge in [-0.3, -0.25) is 4.79 Å². The summed E-state index contributed by atoms with van der Waals surface area (Å²) in [5.74, 6) is 1.01. The Balaban J connectivity index is 1.51. The first-order chi connectivity index (χ1) is 14.6. The minimum absolute atomic E-state index is 0.0241. The number of likely N-dealkylation sites (tertiary alicyclic amines) is 1. The van der Waals surface area contributed by atoms with E-state index in [0.29, 0.717) is 87.1 Å². The highest BCUT2D eigenvalue weighted by molar-refractivity contribution is 6.10. The summed E-state index contributed by atoms with van der Waals surface area (Å²) in [7, 11) is 0. The van der Waals surface area contributed by atoms with Gasteiger partial charge in [0, 0.05) is 32.2 Å². The van der Waals surface area contributed by atoms with Gasteiger partial charge in [-0.05, 0) is 26.7 Å². The van der Waals surface area contributed by atoms with Crippen LogP contribution in [0.4, 0.5) is 10.6 Å². The van der Waals surface area contributed by atoms with E-state index in [1.807, 2.05) is 0 Å². The van der Waals surface area contributed by atoms with Crippen molar-refractivity contribution in [1.29, 1.82) is 0 Å². The standard InChI is InChI=1S/C20H27N5O5/c1-3-29-20(27)25-6-4-14(5-7-25)23-18(26)15-13(2)30-19-16(15)17(21-12-22-19)24-8-10-28-11-9-24/h12,14H,3-11H2,1-2H3,(H,23,26). The number of furan rings is 1. The Hall–Kier alpha value is -2.88. The highest BCUT2D eigenvalue weighted by Crippen LogP contribution is 2.31. The van der Waals surface area contributed by atoms with Crippen LogP contribution in [0.25, 0.3) is 11.1 Å². The number of rotatable bonds is 4. The maximum Gasteiger partial charge on any atom is 0.409 e. The van der Waals surface area contributed by atoms with Crippen LogP contribution < -0.4 is 10.2 Å². The van der Waals surface area contributed by atoms with Gasteiger partial charge in [0.05, 0.1) is 30.8 Å². The zero-order chi connectivity index (χ0) is 21.1. The maximum atomic E-state index is 13.2. The van der Waals surface area contributed by atoms with Gasteiger partial charge >= 0.3 is 6.09 Å². The van der Waals surface area contributed by atoms with Crippen LogP contribution >= 0.6 is 0 Å². The molecule has 2 aromatic heterocycles. The van der Waals surface area contributed by atoms with E-state index in [1.165, 1.54) is 6.33 Å². The van der Waals surface area contributed by atoms with Crippen molar-refractivity contribution in [2.24, 2.45) is 0 Å². The van der Waals surface area contributed by atoms with Gasteiger partial charge in [-0.1, -0.05) is 0 Å². The number of anilines is 1. The van der Waals surface area contributed by atoms with Crippen molar-refractivity contribution in [3.63, 3.8) is 0 Å². The number of nitrogens with one attached hydrogen (secondary N) is 1. The summed E-state index contributed by atoms with van der Waals surface area (Å²) in [4.78, 5) is 37.5. The minimum atomic E-state index is -0.300. The van der Waals surface area contributed by atoms with Crippen molar-refractivity contribution in [1.82, 2.24) is 20.2 Å². The molecule has 0 radical (unpaired) electrons. The lowest BCUT2D eigenvalue weighted by atomic mass is 10.0. The van der Waals surface area contributed by atoms with Gasteiger partial charge in [0.2, 0.25) is 5.71 Å². The average molecular weight is 417 g/mol. The van der Waals surface area contributed by atoms with Gasteiger partial charge in [0.1, 0.15) is 17.9 Å². The van der Waals surface area contributed by atoms with Crippen molar-refractivity contribution in [3.8, 4) is 0 Å². The van der Waals surface area contributed by atoms with E-state index in [9.17, 15) is 9.59 Å². The largest absolute Gasteiger partial charge is 0.450 e. The molecule has 1 N–H and O–H groups in total. The molecule has 0 bridgehead atoms. The molecule has 10 heteroatoms. The van der Waals surface area contributed by atoms with Gasteiger partial charge in [-0.25, -0.2) is 14.8 Å². The summed E-state index contributed by atoms with van der Waals surface area (Å²) in [6.45, 7) is 7.64. The van der Waals surface area contributed by atoms with Crippen LogP contribution in [0, 0.1) is 6.92 Å². The summed E-state index contributed by atoms with van der Waals surface area (Å²) in [6, 6.07) is -0.0241. The van der Waals surface area contributed by atoms with Crippen LogP contribution in [-0.2, 0) is 9.47 Å². The SMILES string of the molecule is CCOC(=O)N1CCC(NC(=O)c2c(C)oc3ncnc(N4CCOCC4)c23)CC1. The second kappa shape index (κ2) is 8.86. The molecule has 162 valence electrons. The van der Waals surface area contributed by atoms with Gasteiger partial charge in [0.25, 0.3) is 5.91 Å². The van der Waals surface area contributed by atoms with Gasteiger partial charge in [-0.2, -0.15) is 0 Å². The van der Waals surface area contributed by atoms with Crippen molar-refractivity contribution >= 4 is 28.9 Å². The molecule has 0 aromatic carbocycles. The predicted molar refractivity (Wildman–Crippen MR) is 109 cm³/mol. The number of hydrogen-bond donors (Lipinski definition) is 1. The molecule has 0 unspecified atom stereocenters. The van der Waals surface area contributed by atoms with Crippen LogP contribution in [0.2, 0.25) is 0 Å². The number of amides is 2. The van der Waals surface area contributed by atoms with E-state index in [0.717, 1.165) is 0 Å². The first kappa shape index (κ1) is 20.4. The Kier molecular flexibility index (Phi) is 6.03. The molecule has 2 amide bonds. The lowest BCUT2D eigenvalue weighted by Gasteiger charge is -2.31. The fourth-order valence-electron chi connectivity index (χ4n) is 4.00. The lowest BCUT2D eigenvalue weighted by Crippen LogP contribution is -2.46. The molecule has 10 nitrogen and oxygen atoms in total. The van der Waals surface area contributed by atoms with Crippen molar-refractivity contribution in [2.75, 3.05) is 50.9 Å². The summed E-state index contributed by atoms with van der Waals surface area (Å²) in [5, 5.41) is 3.74. The fourth-order valence-corrected chi connectivity index (χ4v) is 4.00. The third kappa shape index (κ3) is 4.04. The van der Waals surface area contributed by atoms with E-state index in [2.05, 4.69) is 20.2 Å². The summed E-state index contributed by atoms with van der Waals surface area (Å²) in [5.41, 5.74) is 0.881. The number of aromatic nitrogens is 2. The quantitative estimate of drug-likeness (QED) is 0.801. The van der Waals surface area contributed by atoms with E-state index >= 15 is 0 Å². The number of hydrogen-bond acceptors (Lipinski definition) is 8. The number of carbonyl (C=O) groups excluding carboxylic acids is 2. The second-order valence-electron chi connectivity index (χ2n) is 7.44. The highest BCUT2D eigenvalue weighted by Gasteiger charge is 2.29. The normalized spacial score (nSPS) is 17.9. The maximum absolute atomic E-state index is 13.2. The van der Waals surface area contributed by atoms with Crippen LogP contribution in [0.1, 0.15) is 35.9 Å². The Labute approximate surface area is 174 Å². The van der Waals surface area contributed by atoms with Gasteiger partial charge in [-0.15, -0.1) is 0 Å². The zero-order valence-electron chi connectivity index (χ0n) is 17.3. The van der Waals surface area contributed by atoms with E-state index in [1.54, 1.807) is 18.7 Å². The highest BCUT2D eigenvalue weighted by atomic mass is 16.6. The molecular formula is C20H27N5O5. The van der Waals surface area contributed by atoms with Gasteiger partial charge < -0.3 is 29.0 Å². The summed E-state index contributed by atoms with van der Waals surface area (Å²) < 4.78 is 16.3. The number of carbonyl (C=O) groups is 2. The molecule has 2 aliphatic rings. The Morgan fingerprint density at radius 1 is 1.20 bits per heavy atom. The molecule has 0 atom stereocenters. The zero-order valence-corrected chi connectivity index (χ0v) is 17.3. The molecule has 4 rings (SSSR count). The number of morpholine rings is 1. The third-order valence-electron chi connectivity index (χ3n) is 5.54. The molecule has 0 saturated carbocycles. The first-order valence-electron chi connectivity index (χ1n) is 10.4. The molecule has 2 aliphatic heterocycles. The average Bonchev–Trinajstić information content (AvgIpc) is 3.11. The second-order valence-corrected chi connectivity index (χ2v) is 7.44. The van der Waals surface area contributed by atoms with Crippen LogP contribution in [-0.4, -0.2) is 78.9 Å². The number of aryl methyl sites for hydroxylation is 1. The molecule has 2 fully saturated rings. The van der Waals surface area contributed by atoms with Crippen LogP contribution in [0.3, 0.4) is 0 Å². The molecule has 4 heterocycles. The topological polar surface area (TPSA) is 110 Å². The monoisotopic (exact) mass is 417 g/mol. The molecular weight excluding hydrogens is 390 g/mol. The molecule has 0 spiro atoms. The smallest absolute Gasteiger partial charge is 0.409 e. The van der Waals surface area contributed by atoms with Gasteiger partial charge in [0.15, 0.2) is 0 Å². The van der Waals surface area contributed by atoms with Crippen molar-refractivity contribution < 1.29 is 23.5 Å². The van der Waals surface area contributed by atoms with Crippen molar-refractivity contribution in [2.45, 2.75) is 32.7 Å². The predicted octanol–water partition coefficient (Wildman–Crippen LogP) is 1.72. The van der Waals surface area contributed by atoms with Crippen molar-refractivity contribution in [3.05, 3.63) is 17.7 Å². The fraction of sp³-hybridized carbons (Fsp3) is 0.600.